The Balaban J connectivity index is 1.79. The Kier molecular flexibility index (Phi) is 3.64. The average molecular weight is 260 g/mol. The monoisotopic (exact) mass is 260 g/mol. The zero-order valence-electron chi connectivity index (χ0n) is 11.3. The number of piperidine rings is 1. The second-order valence-corrected chi connectivity index (χ2v) is 5.02. The minimum absolute atomic E-state index is 0.331. The number of hydrogen-bond acceptors (Lipinski definition) is 4. The van der Waals surface area contributed by atoms with Crippen LogP contribution < -0.4 is 4.90 Å². The molecule has 2 aromatic rings. The molecule has 19 heavy (non-hydrogen) atoms. The molecule has 2 aromatic heterocycles. The second-order valence-electron chi connectivity index (χ2n) is 5.02. The van der Waals surface area contributed by atoms with Gasteiger partial charge in [-0.1, -0.05) is 6.92 Å². The van der Waals surface area contributed by atoms with E-state index in [9.17, 15) is 0 Å². The van der Waals surface area contributed by atoms with E-state index in [1.165, 1.54) is 0 Å². The molecule has 1 fully saturated rings. The van der Waals surface area contributed by atoms with E-state index in [-0.39, 0.29) is 0 Å². The van der Waals surface area contributed by atoms with Gasteiger partial charge >= 0.3 is 0 Å². The van der Waals surface area contributed by atoms with Crippen molar-refractivity contribution in [1.29, 1.82) is 0 Å². The summed E-state index contributed by atoms with van der Waals surface area (Å²) < 4.78 is 5.88. The quantitative estimate of drug-likeness (QED) is 0.917. The van der Waals surface area contributed by atoms with Gasteiger partial charge in [0.25, 0.3) is 0 Å². The summed E-state index contributed by atoms with van der Waals surface area (Å²) in [6.07, 6.45) is 7.26. The lowest BCUT2D eigenvalue weighted by molar-refractivity contribution is 0.0439. The van der Waals surface area contributed by atoms with Crippen molar-refractivity contribution < 1.29 is 4.74 Å². The number of rotatable bonds is 4. The predicted molar refractivity (Wildman–Crippen MR) is 75.4 cm³/mol. The molecule has 1 aliphatic heterocycles. The number of anilines is 1. The van der Waals surface area contributed by atoms with Gasteiger partial charge in [0, 0.05) is 25.9 Å². The lowest BCUT2D eigenvalue weighted by atomic mass is 10.1. The fourth-order valence-electron chi connectivity index (χ4n) is 2.66. The number of hydrogen-bond donors (Lipinski definition) is 1. The molecule has 0 bridgehead atoms. The van der Waals surface area contributed by atoms with Crippen LogP contribution in [0.2, 0.25) is 0 Å². The van der Waals surface area contributed by atoms with Crippen LogP contribution in [-0.2, 0) is 4.74 Å². The number of aromatic nitrogens is 3. The van der Waals surface area contributed by atoms with Gasteiger partial charge in [0.2, 0.25) is 0 Å². The average Bonchev–Trinajstić information content (AvgIpc) is 2.93. The maximum atomic E-state index is 5.88. The summed E-state index contributed by atoms with van der Waals surface area (Å²) >= 11 is 0. The van der Waals surface area contributed by atoms with E-state index >= 15 is 0 Å². The molecule has 1 saturated heterocycles. The van der Waals surface area contributed by atoms with Crippen molar-refractivity contribution >= 4 is 16.9 Å². The summed E-state index contributed by atoms with van der Waals surface area (Å²) in [6, 6.07) is 2.04. The van der Waals surface area contributed by atoms with Gasteiger partial charge in [-0.15, -0.1) is 0 Å². The fraction of sp³-hybridized carbons (Fsp3) is 0.571. The molecule has 3 heterocycles. The van der Waals surface area contributed by atoms with E-state index in [2.05, 4.69) is 26.8 Å². The molecular formula is C14H20N4O. The molecule has 0 spiro atoms. The first kappa shape index (κ1) is 12.4. The van der Waals surface area contributed by atoms with Crippen molar-refractivity contribution in [2.24, 2.45) is 0 Å². The molecular weight excluding hydrogens is 240 g/mol. The molecule has 3 rings (SSSR count). The van der Waals surface area contributed by atoms with Crippen LogP contribution in [0.4, 0.5) is 5.82 Å². The minimum atomic E-state index is 0.331. The number of aromatic amines is 1. The van der Waals surface area contributed by atoms with Crippen LogP contribution in [0.3, 0.4) is 0 Å². The number of nitrogens with zero attached hydrogens (tertiary/aromatic N) is 3. The van der Waals surface area contributed by atoms with Crippen molar-refractivity contribution in [2.75, 3.05) is 24.6 Å². The lowest BCUT2D eigenvalue weighted by Gasteiger charge is -2.33. The molecule has 0 amide bonds. The molecule has 5 nitrogen and oxygen atoms in total. The molecule has 0 radical (unpaired) electrons. The normalized spacial score (nSPS) is 20.1. The molecule has 0 aromatic carbocycles. The molecule has 1 unspecified atom stereocenters. The Morgan fingerprint density at radius 3 is 3.32 bits per heavy atom. The summed E-state index contributed by atoms with van der Waals surface area (Å²) in [5.41, 5.74) is 0.904. The molecule has 0 saturated carbocycles. The van der Waals surface area contributed by atoms with Gasteiger partial charge in [0.1, 0.15) is 17.8 Å². The van der Waals surface area contributed by atoms with Gasteiger partial charge < -0.3 is 14.6 Å². The van der Waals surface area contributed by atoms with Crippen molar-refractivity contribution in [3.05, 3.63) is 18.6 Å². The summed E-state index contributed by atoms with van der Waals surface area (Å²) in [4.78, 5) is 14.2. The molecule has 1 N–H and O–H groups in total. The van der Waals surface area contributed by atoms with E-state index in [0.717, 1.165) is 55.8 Å². The van der Waals surface area contributed by atoms with E-state index in [1.807, 2.05) is 12.3 Å². The Labute approximate surface area is 113 Å². The molecule has 102 valence electrons. The van der Waals surface area contributed by atoms with Gasteiger partial charge in [-0.3, -0.25) is 0 Å². The zero-order valence-corrected chi connectivity index (χ0v) is 11.3. The highest BCUT2D eigenvalue weighted by molar-refractivity contribution is 5.87. The highest BCUT2D eigenvalue weighted by Crippen LogP contribution is 2.25. The van der Waals surface area contributed by atoms with Crippen molar-refractivity contribution in [3.8, 4) is 0 Å². The first-order chi connectivity index (χ1) is 9.38. The number of fused-ring (bicyclic) bond motifs is 1. The van der Waals surface area contributed by atoms with Crippen LogP contribution in [0.5, 0.6) is 0 Å². The van der Waals surface area contributed by atoms with Crippen LogP contribution in [0, 0.1) is 0 Å². The lowest BCUT2D eigenvalue weighted by Crippen LogP contribution is -2.40. The highest BCUT2D eigenvalue weighted by Gasteiger charge is 2.22. The third-order valence-electron chi connectivity index (χ3n) is 3.57. The summed E-state index contributed by atoms with van der Waals surface area (Å²) in [5.74, 6) is 1.02. The van der Waals surface area contributed by atoms with Crippen LogP contribution in [0.1, 0.15) is 26.2 Å². The molecule has 1 aliphatic rings. The predicted octanol–water partition coefficient (Wildman–Crippen LogP) is 2.35. The van der Waals surface area contributed by atoms with Crippen LogP contribution in [-0.4, -0.2) is 40.8 Å². The Bertz CT molecular complexity index is 539. The number of nitrogens with one attached hydrogen (secondary N) is 1. The second kappa shape index (κ2) is 5.57. The largest absolute Gasteiger partial charge is 0.376 e. The van der Waals surface area contributed by atoms with Gasteiger partial charge in [-0.2, -0.15) is 0 Å². The zero-order chi connectivity index (χ0) is 13.1. The van der Waals surface area contributed by atoms with Crippen LogP contribution >= 0.6 is 0 Å². The Morgan fingerprint density at radius 1 is 1.47 bits per heavy atom. The third-order valence-corrected chi connectivity index (χ3v) is 3.57. The highest BCUT2D eigenvalue weighted by atomic mass is 16.5. The van der Waals surface area contributed by atoms with Gasteiger partial charge in [0.15, 0.2) is 0 Å². The maximum absolute atomic E-state index is 5.88. The van der Waals surface area contributed by atoms with Crippen molar-refractivity contribution in [1.82, 2.24) is 15.0 Å². The Morgan fingerprint density at radius 2 is 2.42 bits per heavy atom. The smallest absolute Gasteiger partial charge is 0.142 e. The molecule has 0 aliphatic carbocycles. The SMILES string of the molecule is CCCOC1CCCN(c2ncnc3[nH]ccc23)C1. The van der Waals surface area contributed by atoms with Crippen molar-refractivity contribution in [3.63, 3.8) is 0 Å². The van der Waals surface area contributed by atoms with Crippen LogP contribution in [0.15, 0.2) is 18.6 Å². The van der Waals surface area contributed by atoms with Crippen LogP contribution in [0.25, 0.3) is 11.0 Å². The van der Waals surface area contributed by atoms with E-state index in [0.29, 0.717) is 6.10 Å². The molecule has 5 heteroatoms. The van der Waals surface area contributed by atoms with Gasteiger partial charge in [-0.25, -0.2) is 9.97 Å². The third kappa shape index (κ3) is 2.56. The number of ether oxygens (including phenoxy) is 1. The fourth-order valence-corrected chi connectivity index (χ4v) is 2.66. The first-order valence-electron chi connectivity index (χ1n) is 7.03. The summed E-state index contributed by atoms with van der Waals surface area (Å²) in [6.45, 7) is 4.97. The standard InChI is InChI=1S/C14H20N4O/c1-2-8-19-11-4-3-7-18(9-11)14-12-5-6-15-13(12)16-10-17-14/h5-6,10-11H,2-4,7-9H2,1H3,(H,15,16,17). The summed E-state index contributed by atoms with van der Waals surface area (Å²) in [7, 11) is 0. The van der Waals surface area contributed by atoms with E-state index in [1.54, 1.807) is 6.33 Å². The first-order valence-corrected chi connectivity index (χ1v) is 7.03. The van der Waals surface area contributed by atoms with E-state index in [4.69, 9.17) is 4.74 Å². The topological polar surface area (TPSA) is 54.0 Å². The summed E-state index contributed by atoms with van der Waals surface area (Å²) in [5, 5.41) is 1.10. The van der Waals surface area contributed by atoms with Gasteiger partial charge in [-0.05, 0) is 25.3 Å². The van der Waals surface area contributed by atoms with Crippen molar-refractivity contribution in [2.45, 2.75) is 32.3 Å². The van der Waals surface area contributed by atoms with Gasteiger partial charge in [0.05, 0.1) is 11.5 Å². The minimum Gasteiger partial charge on any atom is -0.376 e. The number of H-pyrrole nitrogens is 1. The maximum Gasteiger partial charge on any atom is 0.142 e. The molecule has 1 atom stereocenters. The Hall–Kier alpha value is -1.62. The van der Waals surface area contributed by atoms with E-state index < -0.39 is 0 Å².